The van der Waals surface area contributed by atoms with Gasteiger partial charge in [0.15, 0.2) is 0 Å². The van der Waals surface area contributed by atoms with Crippen LogP contribution >= 0.6 is 0 Å². The second-order valence-corrected chi connectivity index (χ2v) is 7.92. The molecule has 0 amide bonds. The Morgan fingerprint density at radius 2 is 1.12 bits per heavy atom. The Morgan fingerprint density at radius 3 is 1.62 bits per heavy atom. The Hall–Kier alpha value is -0.860. The standard InChI is InChI=1S/C24H44N2/c1-25-21-17-12-10-8-6-4-3-5-7-9-11-13-18-22-26(2)23-24-19-15-14-16-20-24/h14-16,19-20,25H,3-13,17-18,21-23H2,1-2H3. The van der Waals surface area contributed by atoms with Crippen LogP contribution in [0.5, 0.6) is 0 Å². The third kappa shape index (κ3) is 14.3. The molecule has 1 aromatic carbocycles. The summed E-state index contributed by atoms with van der Waals surface area (Å²) in [7, 11) is 4.29. The SMILES string of the molecule is CNCCCCCCCCCCCCCCCN(C)Cc1ccccc1. The summed E-state index contributed by atoms with van der Waals surface area (Å²) in [6.07, 6.45) is 18.5. The lowest BCUT2D eigenvalue weighted by molar-refractivity contribution is 0.316. The van der Waals surface area contributed by atoms with Crippen LogP contribution in [-0.2, 0) is 6.54 Å². The van der Waals surface area contributed by atoms with E-state index in [9.17, 15) is 0 Å². The number of nitrogens with one attached hydrogen (secondary N) is 1. The first-order valence-corrected chi connectivity index (χ1v) is 11.2. The van der Waals surface area contributed by atoms with Crippen molar-refractivity contribution >= 4 is 0 Å². The van der Waals surface area contributed by atoms with Gasteiger partial charge in [0.05, 0.1) is 0 Å². The van der Waals surface area contributed by atoms with Crippen molar-refractivity contribution in [1.82, 2.24) is 10.2 Å². The number of rotatable bonds is 18. The summed E-state index contributed by atoms with van der Waals surface area (Å²) in [6.45, 7) is 3.49. The van der Waals surface area contributed by atoms with Crippen LogP contribution in [0.3, 0.4) is 0 Å². The molecule has 0 aromatic heterocycles. The van der Waals surface area contributed by atoms with E-state index in [-0.39, 0.29) is 0 Å². The van der Waals surface area contributed by atoms with Crippen LogP contribution in [0.25, 0.3) is 0 Å². The van der Waals surface area contributed by atoms with Gasteiger partial charge in [0, 0.05) is 6.54 Å². The van der Waals surface area contributed by atoms with Gasteiger partial charge in [-0.05, 0) is 45.6 Å². The van der Waals surface area contributed by atoms with Gasteiger partial charge in [0.2, 0.25) is 0 Å². The monoisotopic (exact) mass is 360 g/mol. The van der Waals surface area contributed by atoms with Crippen LogP contribution in [0.2, 0.25) is 0 Å². The fraction of sp³-hybridized carbons (Fsp3) is 0.750. The summed E-state index contributed by atoms with van der Waals surface area (Å²) < 4.78 is 0. The van der Waals surface area contributed by atoms with Crippen molar-refractivity contribution in [1.29, 1.82) is 0 Å². The van der Waals surface area contributed by atoms with E-state index in [0.717, 1.165) is 6.54 Å². The maximum absolute atomic E-state index is 3.22. The summed E-state index contributed by atoms with van der Waals surface area (Å²) >= 11 is 0. The summed E-state index contributed by atoms with van der Waals surface area (Å²) in [5, 5.41) is 3.22. The quantitative estimate of drug-likeness (QED) is 0.304. The lowest BCUT2D eigenvalue weighted by Gasteiger charge is -2.16. The van der Waals surface area contributed by atoms with Crippen molar-refractivity contribution in [3.05, 3.63) is 35.9 Å². The summed E-state index contributed by atoms with van der Waals surface area (Å²) in [5.74, 6) is 0. The van der Waals surface area contributed by atoms with E-state index in [1.165, 1.54) is 102 Å². The molecule has 0 saturated heterocycles. The smallest absolute Gasteiger partial charge is 0.0230 e. The van der Waals surface area contributed by atoms with E-state index in [0.29, 0.717) is 0 Å². The minimum Gasteiger partial charge on any atom is -0.320 e. The number of hydrogen-bond acceptors (Lipinski definition) is 2. The normalized spacial score (nSPS) is 11.3. The minimum atomic E-state index is 1.08. The van der Waals surface area contributed by atoms with Gasteiger partial charge < -0.3 is 10.2 Å². The van der Waals surface area contributed by atoms with Crippen LogP contribution in [0, 0.1) is 0 Å². The third-order valence-electron chi connectivity index (χ3n) is 5.26. The summed E-state index contributed by atoms with van der Waals surface area (Å²) in [4.78, 5) is 2.45. The highest BCUT2D eigenvalue weighted by molar-refractivity contribution is 5.14. The Balaban J connectivity index is 1.77. The molecule has 0 fully saturated rings. The molecule has 0 aliphatic carbocycles. The predicted octanol–water partition coefficient (Wildman–Crippen LogP) is 6.41. The lowest BCUT2D eigenvalue weighted by Crippen LogP contribution is -2.18. The molecule has 2 heteroatoms. The van der Waals surface area contributed by atoms with Crippen molar-refractivity contribution in [3.63, 3.8) is 0 Å². The second kappa shape index (κ2) is 17.5. The van der Waals surface area contributed by atoms with E-state index in [2.05, 4.69) is 47.6 Å². The molecule has 0 atom stereocenters. The Morgan fingerprint density at radius 1 is 0.654 bits per heavy atom. The van der Waals surface area contributed by atoms with Gasteiger partial charge in [-0.3, -0.25) is 0 Å². The largest absolute Gasteiger partial charge is 0.320 e. The van der Waals surface area contributed by atoms with Crippen molar-refractivity contribution in [2.24, 2.45) is 0 Å². The molecule has 26 heavy (non-hydrogen) atoms. The molecule has 150 valence electrons. The third-order valence-corrected chi connectivity index (χ3v) is 5.26. The fourth-order valence-electron chi connectivity index (χ4n) is 3.60. The molecule has 1 rings (SSSR count). The van der Waals surface area contributed by atoms with E-state index < -0.39 is 0 Å². The molecular weight excluding hydrogens is 316 g/mol. The zero-order valence-electron chi connectivity index (χ0n) is 17.6. The van der Waals surface area contributed by atoms with Gasteiger partial charge >= 0.3 is 0 Å². The molecule has 1 N–H and O–H groups in total. The molecule has 0 bridgehead atoms. The van der Waals surface area contributed by atoms with Gasteiger partial charge in [-0.1, -0.05) is 101 Å². The molecule has 1 aromatic rings. The zero-order chi connectivity index (χ0) is 18.7. The number of nitrogens with zero attached hydrogens (tertiary/aromatic N) is 1. The first kappa shape index (κ1) is 23.2. The van der Waals surface area contributed by atoms with Crippen LogP contribution in [0.15, 0.2) is 30.3 Å². The van der Waals surface area contributed by atoms with Crippen molar-refractivity contribution in [2.75, 3.05) is 27.2 Å². The first-order valence-electron chi connectivity index (χ1n) is 11.2. The van der Waals surface area contributed by atoms with E-state index in [1.807, 2.05) is 7.05 Å². The average molecular weight is 361 g/mol. The molecule has 0 spiro atoms. The highest BCUT2D eigenvalue weighted by Gasteiger charge is 2.00. The predicted molar refractivity (Wildman–Crippen MR) is 117 cm³/mol. The number of hydrogen-bond donors (Lipinski definition) is 1. The first-order chi connectivity index (χ1) is 12.8. The molecule has 0 saturated carbocycles. The highest BCUT2D eigenvalue weighted by atomic mass is 15.1. The van der Waals surface area contributed by atoms with Crippen LogP contribution < -0.4 is 5.32 Å². The Kier molecular flexibility index (Phi) is 15.6. The minimum absolute atomic E-state index is 1.08. The van der Waals surface area contributed by atoms with Crippen molar-refractivity contribution in [3.8, 4) is 0 Å². The second-order valence-electron chi connectivity index (χ2n) is 7.92. The van der Waals surface area contributed by atoms with Crippen molar-refractivity contribution in [2.45, 2.75) is 90.0 Å². The highest BCUT2D eigenvalue weighted by Crippen LogP contribution is 2.13. The van der Waals surface area contributed by atoms with Gasteiger partial charge in [0.25, 0.3) is 0 Å². The van der Waals surface area contributed by atoms with E-state index >= 15 is 0 Å². The Bertz CT molecular complexity index is 390. The molecule has 2 nitrogen and oxygen atoms in total. The maximum atomic E-state index is 3.22. The Labute approximate surface area is 163 Å². The summed E-state index contributed by atoms with van der Waals surface area (Å²) in [5.41, 5.74) is 1.42. The molecule has 0 unspecified atom stereocenters. The lowest BCUT2D eigenvalue weighted by atomic mass is 10.0. The molecule has 0 aliphatic rings. The average Bonchev–Trinajstić information content (AvgIpc) is 2.65. The van der Waals surface area contributed by atoms with Gasteiger partial charge in [-0.2, -0.15) is 0 Å². The topological polar surface area (TPSA) is 15.3 Å². The van der Waals surface area contributed by atoms with E-state index in [1.54, 1.807) is 0 Å². The van der Waals surface area contributed by atoms with Crippen LogP contribution in [-0.4, -0.2) is 32.1 Å². The summed E-state index contributed by atoms with van der Waals surface area (Å²) in [6, 6.07) is 10.8. The maximum Gasteiger partial charge on any atom is 0.0230 e. The van der Waals surface area contributed by atoms with Gasteiger partial charge in [-0.15, -0.1) is 0 Å². The van der Waals surface area contributed by atoms with Gasteiger partial charge in [0.1, 0.15) is 0 Å². The molecular formula is C24H44N2. The number of benzene rings is 1. The zero-order valence-corrected chi connectivity index (χ0v) is 17.6. The molecule has 0 heterocycles. The molecule has 0 aliphatic heterocycles. The fourth-order valence-corrected chi connectivity index (χ4v) is 3.60. The van der Waals surface area contributed by atoms with Crippen LogP contribution in [0.4, 0.5) is 0 Å². The van der Waals surface area contributed by atoms with Crippen molar-refractivity contribution < 1.29 is 0 Å². The van der Waals surface area contributed by atoms with Gasteiger partial charge in [-0.25, -0.2) is 0 Å². The van der Waals surface area contributed by atoms with E-state index in [4.69, 9.17) is 0 Å². The van der Waals surface area contributed by atoms with Crippen LogP contribution in [0.1, 0.15) is 89.0 Å². The number of unbranched alkanes of at least 4 members (excludes halogenated alkanes) is 12. The molecule has 0 radical (unpaired) electrons.